The van der Waals surface area contributed by atoms with Crippen LogP contribution in [0.4, 0.5) is 17.1 Å². The molecule has 1 heterocycles. The topological polar surface area (TPSA) is 73.9 Å². The summed E-state index contributed by atoms with van der Waals surface area (Å²) in [4.78, 5) is 31.0. The van der Waals surface area contributed by atoms with Crippen LogP contribution in [0, 0.1) is 0 Å². The van der Waals surface area contributed by atoms with Gasteiger partial charge in [0.15, 0.2) is 0 Å². The van der Waals surface area contributed by atoms with E-state index in [4.69, 9.17) is 16.3 Å². The number of hydrogen-bond donors (Lipinski definition) is 2. The molecule has 41 heavy (non-hydrogen) atoms. The number of piperazine rings is 1. The molecule has 1 aliphatic rings. The number of methoxy groups -OCH3 is 1. The second-order valence-corrected chi connectivity index (χ2v) is 10.2. The summed E-state index contributed by atoms with van der Waals surface area (Å²) in [6, 6.07) is 30.4. The second kappa shape index (κ2) is 13.2. The maximum atomic E-state index is 13.5. The van der Waals surface area contributed by atoms with Crippen LogP contribution in [-0.4, -0.2) is 51.6 Å². The Morgan fingerprint density at radius 2 is 1.41 bits per heavy atom. The Bertz CT molecular complexity index is 1500. The monoisotopic (exact) mass is 568 g/mol. The highest BCUT2D eigenvalue weighted by atomic mass is 35.5. The molecule has 0 radical (unpaired) electrons. The average molecular weight is 569 g/mol. The zero-order chi connectivity index (χ0) is 28.6. The SMILES string of the molecule is COc1ccccc1N1CCN(c2ccc(NC(=O)c3ccccc3Cl)cc2C(=O)NCCc2ccccc2)CC1. The van der Waals surface area contributed by atoms with Crippen molar-refractivity contribution in [3.63, 3.8) is 0 Å². The van der Waals surface area contributed by atoms with Crippen LogP contribution in [0.1, 0.15) is 26.3 Å². The average Bonchev–Trinajstić information content (AvgIpc) is 3.02. The first-order valence-corrected chi connectivity index (χ1v) is 14.1. The van der Waals surface area contributed by atoms with Gasteiger partial charge in [0.2, 0.25) is 0 Å². The third kappa shape index (κ3) is 6.81. The molecule has 0 aromatic heterocycles. The Labute approximate surface area is 245 Å². The fraction of sp³-hybridized carbons (Fsp3) is 0.212. The molecular formula is C33H33ClN4O3. The van der Waals surface area contributed by atoms with E-state index in [1.54, 1.807) is 37.4 Å². The van der Waals surface area contributed by atoms with Crippen LogP contribution < -0.4 is 25.2 Å². The van der Waals surface area contributed by atoms with Crippen LogP contribution in [0.2, 0.25) is 5.02 Å². The molecule has 1 aliphatic heterocycles. The van der Waals surface area contributed by atoms with E-state index in [1.807, 2.05) is 60.7 Å². The first-order valence-electron chi connectivity index (χ1n) is 13.7. The molecule has 4 aromatic rings. The van der Waals surface area contributed by atoms with E-state index in [9.17, 15) is 9.59 Å². The Hall–Kier alpha value is -4.49. The van der Waals surface area contributed by atoms with Gasteiger partial charge in [0.1, 0.15) is 5.75 Å². The maximum absolute atomic E-state index is 13.5. The van der Waals surface area contributed by atoms with Gasteiger partial charge < -0.3 is 25.2 Å². The number of nitrogens with zero attached hydrogens (tertiary/aromatic N) is 2. The number of anilines is 3. The standard InChI is InChI=1S/C33H33ClN4O3/c1-41-31-14-8-7-13-30(31)38-21-19-37(20-22-38)29-16-15-25(36-33(40)26-11-5-6-12-28(26)34)23-27(29)32(39)35-18-17-24-9-3-2-4-10-24/h2-16,23H,17-22H2,1H3,(H,35,39)(H,36,40). The smallest absolute Gasteiger partial charge is 0.257 e. The summed E-state index contributed by atoms with van der Waals surface area (Å²) in [6.07, 6.45) is 0.725. The van der Waals surface area contributed by atoms with Crippen molar-refractivity contribution in [2.24, 2.45) is 0 Å². The van der Waals surface area contributed by atoms with Crippen molar-refractivity contribution in [1.82, 2.24) is 5.32 Å². The highest BCUT2D eigenvalue weighted by Crippen LogP contribution is 2.31. The normalized spacial score (nSPS) is 13.0. The lowest BCUT2D eigenvalue weighted by Crippen LogP contribution is -2.47. The summed E-state index contributed by atoms with van der Waals surface area (Å²) in [5.74, 6) is 0.333. The van der Waals surface area contributed by atoms with E-state index >= 15 is 0 Å². The summed E-state index contributed by atoms with van der Waals surface area (Å²) in [6.45, 7) is 3.52. The van der Waals surface area contributed by atoms with Crippen molar-refractivity contribution in [3.05, 3.63) is 119 Å². The summed E-state index contributed by atoms with van der Waals surface area (Å²) in [5.41, 5.74) is 4.46. The summed E-state index contributed by atoms with van der Waals surface area (Å²) < 4.78 is 5.56. The molecule has 0 atom stereocenters. The van der Waals surface area contributed by atoms with E-state index < -0.39 is 0 Å². The third-order valence-electron chi connectivity index (χ3n) is 7.21. The highest BCUT2D eigenvalue weighted by Gasteiger charge is 2.24. The molecule has 1 fully saturated rings. The Morgan fingerprint density at radius 3 is 2.15 bits per heavy atom. The highest BCUT2D eigenvalue weighted by molar-refractivity contribution is 6.34. The van der Waals surface area contributed by atoms with E-state index in [0.29, 0.717) is 28.4 Å². The number of amides is 2. The molecule has 1 saturated heterocycles. The summed E-state index contributed by atoms with van der Waals surface area (Å²) in [7, 11) is 1.68. The van der Waals surface area contributed by atoms with Crippen molar-refractivity contribution in [2.75, 3.05) is 55.0 Å². The molecule has 0 aliphatic carbocycles. The van der Waals surface area contributed by atoms with Gasteiger partial charge in [0, 0.05) is 44.1 Å². The third-order valence-corrected chi connectivity index (χ3v) is 7.54. The molecule has 7 nitrogen and oxygen atoms in total. The first kappa shape index (κ1) is 28.1. The summed E-state index contributed by atoms with van der Waals surface area (Å²) >= 11 is 6.23. The molecule has 8 heteroatoms. The lowest BCUT2D eigenvalue weighted by Gasteiger charge is -2.38. The number of rotatable bonds is 9. The van der Waals surface area contributed by atoms with Gasteiger partial charge in [-0.05, 0) is 54.4 Å². The van der Waals surface area contributed by atoms with Gasteiger partial charge in [-0.3, -0.25) is 9.59 Å². The zero-order valence-corrected chi connectivity index (χ0v) is 23.7. The molecule has 2 amide bonds. The van der Waals surface area contributed by atoms with E-state index in [2.05, 4.69) is 26.5 Å². The number of hydrogen-bond acceptors (Lipinski definition) is 5. The molecule has 0 bridgehead atoms. The maximum Gasteiger partial charge on any atom is 0.257 e. The van der Waals surface area contributed by atoms with E-state index in [-0.39, 0.29) is 11.8 Å². The fourth-order valence-corrected chi connectivity index (χ4v) is 5.28. The number of para-hydroxylation sites is 2. The van der Waals surface area contributed by atoms with Gasteiger partial charge in [-0.2, -0.15) is 0 Å². The van der Waals surface area contributed by atoms with Crippen molar-refractivity contribution in [3.8, 4) is 5.75 Å². The van der Waals surface area contributed by atoms with Gasteiger partial charge >= 0.3 is 0 Å². The first-order chi connectivity index (χ1) is 20.0. The molecular weight excluding hydrogens is 536 g/mol. The van der Waals surface area contributed by atoms with Crippen molar-refractivity contribution < 1.29 is 14.3 Å². The van der Waals surface area contributed by atoms with Crippen molar-refractivity contribution in [2.45, 2.75) is 6.42 Å². The van der Waals surface area contributed by atoms with Gasteiger partial charge in [-0.15, -0.1) is 0 Å². The molecule has 0 saturated carbocycles. The minimum atomic E-state index is -0.329. The van der Waals surface area contributed by atoms with Crippen LogP contribution in [-0.2, 0) is 6.42 Å². The molecule has 4 aromatic carbocycles. The van der Waals surface area contributed by atoms with Crippen LogP contribution in [0.5, 0.6) is 5.75 Å². The van der Waals surface area contributed by atoms with E-state index in [1.165, 1.54) is 0 Å². The molecule has 210 valence electrons. The zero-order valence-electron chi connectivity index (χ0n) is 23.0. The minimum absolute atomic E-state index is 0.183. The predicted molar refractivity (Wildman–Crippen MR) is 166 cm³/mol. The molecule has 2 N–H and O–H groups in total. The quantitative estimate of drug-likeness (QED) is 0.263. The van der Waals surface area contributed by atoms with Crippen LogP contribution >= 0.6 is 11.6 Å². The largest absolute Gasteiger partial charge is 0.495 e. The Kier molecular flexibility index (Phi) is 9.06. The van der Waals surface area contributed by atoms with Crippen LogP contribution in [0.15, 0.2) is 97.1 Å². The predicted octanol–water partition coefficient (Wildman–Crippen LogP) is 5.90. The van der Waals surface area contributed by atoms with Gasteiger partial charge in [0.25, 0.3) is 11.8 Å². The molecule has 0 spiro atoms. The second-order valence-electron chi connectivity index (χ2n) is 9.80. The minimum Gasteiger partial charge on any atom is -0.495 e. The number of halogens is 1. The lowest BCUT2D eigenvalue weighted by molar-refractivity contribution is 0.0953. The lowest BCUT2D eigenvalue weighted by atomic mass is 10.1. The Morgan fingerprint density at radius 1 is 0.756 bits per heavy atom. The number of carbonyl (C=O) groups excluding carboxylic acids is 2. The Balaban J connectivity index is 1.35. The number of carbonyl (C=O) groups is 2. The number of ether oxygens (including phenoxy) is 1. The molecule has 0 unspecified atom stereocenters. The van der Waals surface area contributed by atoms with Crippen LogP contribution in [0.25, 0.3) is 0 Å². The van der Waals surface area contributed by atoms with Gasteiger partial charge in [-0.25, -0.2) is 0 Å². The van der Waals surface area contributed by atoms with E-state index in [0.717, 1.165) is 55.3 Å². The van der Waals surface area contributed by atoms with Crippen LogP contribution in [0.3, 0.4) is 0 Å². The van der Waals surface area contributed by atoms with Crippen molar-refractivity contribution >= 4 is 40.5 Å². The fourth-order valence-electron chi connectivity index (χ4n) is 5.05. The summed E-state index contributed by atoms with van der Waals surface area (Å²) in [5, 5.41) is 6.34. The number of nitrogens with one attached hydrogen (secondary N) is 2. The van der Waals surface area contributed by atoms with Crippen molar-refractivity contribution in [1.29, 1.82) is 0 Å². The molecule has 5 rings (SSSR count). The van der Waals surface area contributed by atoms with Gasteiger partial charge in [0.05, 0.1) is 28.9 Å². The van der Waals surface area contributed by atoms with Gasteiger partial charge in [-0.1, -0.05) is 66.2 Å². The number of benzene rings is 4.